The monoisotopic (exact) mass is 264 g/mol. The van der Waals surface area contributed by atoms with E-state index in [0.29, 0.717) is 5.69 Å². The Kier molecular flexibility index (Phi) is 5.51. The number of aliphatic carboxylic acids is 1. The Morgan fingerprint density at radius 2 is 1.89 bits per heavy atom. The standard InChI is InChI=1S/C14H20N2O3/c1-10-3-5-12(6-4-10)16(8-7-14(18)19)13(17)9-11(2)15/h3-6,11H,7-9,15H2,1-2H3,(H,18,19). The Morgan fingerprint density at radius 1 is 1.32 bits per heavy atom. The Morgan fingerprint density at radius 3 is 2.37 bits per heavy atom. The predicted molar refractivity (Wildman–Crippen MR) is 74.1 cm³/mol. The van der Waals surface area contributed by atoms with Gasteiger partial charge in [0.25, 0.3) is 0 Å². The molecule has 0 aliphatic rings. The fourth-order valence-corrected chi connectivity index (χ4v) is 1.72. The number of benzene rings is 1. The van der Waals surface area contributed by atoms with Gasteiger partial charge in [0.05, 0.1) is 6.42 Å². The van der Waals surface area contributed by atoms with Crippen LogP contribution in [0.4, 0.5) is 5.69 Å². The van der Waals surface area contributed by atoms with Crippen LogP contribution >= 0.6 is 0 Å². The molecule has 5 nitrogen and oxygen atoms in total. The second kappa shape index (κ2) is 6.89. The quantitative estimate of drug-likeness (QED) is 0.816. The number of carboxylic acids is 1. The van der Waals surface area contributed by atoms with Gasteiger partial charge in [-0.3, -0.25) is 9.59 Å². The van der Waals surface area contributed by atoms with Gasteiger partial charge in [0.2, 0.25) is 5.91 Å². The molecule has 0 spiro atoms. The zero-order valence-electron chi connectivity index (χ0n) is 11.3. The molecule has 1 aromatic rings. The number of carbonyl (C=O) groups is 2. The lowest BCUT2D eigenvalue weighted by Crippen LogP contribution is -2.36. The van der Waals surface area contributed by atoms with Crippen molar-refractivity contribution in [1.29, 1.82) is 0 Å². The molecule has 0 saturated carbocycles. The molecule has 0 radical (unpaired) electrons. The van der Waals surface area contributed by atoms with Crippen molar-refractivity contribution in [3.8, 4) is 0 Å². The SMILES string of the molecule is Cc1ccc(N(CCC(=O)O)C(=O)CC(C)N)cc1. The van der Waals surface area contributed by atoms with Crippen LogP contribution in [0.15, 0.2) is 24.3 Å². The Bertz CT molecular complexity index is 441. The number of hydrogen-bond acceptors (Lipinski definition) is 3. The number of carboxylic acid groups (broad SMARTS) is 1. The topological polar surface area (TPSA) is 83.6 Å². The lowest BCUT2D eigenvalue weighted by atomic mass is 10.1. The second-order valence-electron chi connectivity index (χ2n) is 4.71. The largest absolute Gasteiger partial charge is 0.481 e. The molecule has 1 rings (SSSR count). The van der Waals surface area contributed by atoms with Crippen molar-refractivity contribution in [2.24, 2.45) is 5.73 Å². The van der Waals surface area contributed by atoms with E-state index in [9.17, 15) is 9.59 Å². The number of rotatable bonds is 6. The van der Waals surface area contributed by atoms with Gasteiger partial charge in [0.1, 0.15) is 0 Å². The van der Waals surface area contributed by atoms with Crippen LogP contribution in [0.25, 0.3) is 0 Å². The molecule has 3 N–H and O–H groups in total. The summed E-state index contributed by atoms with van der Waals surface area (Å²) in [5.41, 5.74) is 7.42. The van der Waals surface area contributed by atoms with E-state index in [1.54, 1.807) is 6.92 Å². The molecule has 1 amide bonds. The third-order valence-electron chi connectivity index (χ3n) is 2.69. The van der Waals surface area contributed by atoms with Crippen LogP contribution in [0, 0.1) is 6.92 Å². The lowest BCUT2D eigenvalue weighted by Gasteiger charge is -2.23. The highest BCUT2D eigenvalue weighted by Crippen LogP contribution is 2.17. The third kappa shape index (κ3) is 5.09. The van der Waals surface area contributed by atoms with Gasteiger partial charge in [-0.15, -0.1) is 0 Å². The summed E-state index contributed by atoms with van der Waals surface area (Å²) in [6, 6.07) is 7.17. The summed E-state index contributed by atoms with van der Waals surface area (Å²) in [5.74, 6) is -1.08. The van der Waals surface area contributed by atoms with Crippen molar-refractivity contribution in [1.82, 2.24) is 0 Å². The highest BCUT2D eigenvalue weighted by atomic mass is 16.4. The minimum absolute atomic E-state index is 0.0848. The molecule has 1 atom stereocenters. The van der Waals surface area contributed by atoms with E-state index in [1.165, 1.54) is 4.90 Å². The van der Waals surface area contributed by atoms with Gasteiger partial charge in [-0.2, -0.15) is 0 Å². The average molecular weight is 264 g/mol. The normalized spacial score (nSPS) is 11.9. The third-order valence-corrected chi connectivity index (χ3v) is 2.69. The van der Waals surface area contributed by atoms with Crippen LogP contribution in [-0.2, 0) is 9.59 Å². The molecule has 0 fully saturated rings. The van der Waals surface area contributed by atoms with Crippen molar-refractivity contribution in [3.63, 3.8) is 0 Å². The lowest BCUT2D eigenvalue weighted by molar-refractivity contribution is -0.136. The molecule has 1 aromatic carbocycles. The van der Waals surface area contributed by atoms with Crippen molar-refractivity contribution < 1.29 is 14.7 Å². The molecule has 19 heavy (non-hydrogen) atoms. The maximum absolute atomic E-state index is 12.1. The van der Waals surface area contributed by atoms with Crippen molar-refractivity contribution in [2.45, 2.75) is 32.7 Å². The smallest absolute Gasteiger partial charge is 0.305 e. The van der Waals surface area contributed by atoms with Gasteiger partial charge in [-0.1, -0.05) is 17.7 Å². The van der Waals surface area contributed by atoms with Crippen molar-refractivity contribution >= 4 is 17.6 Å². The molecule has 1 unspecified atom stereocenters. The summed E-state index contributed by atoms with van der Waals surface area (Å²) in [4.78, 5) is 24.3. The van der Waals surface area contributed by atoms with Crippen LogP contribution in [-0.4, -0.2) is 29.6 Å². The van der Waals surface area contributed by atoms with Crippen LogP contribution in [0.3, 0.4) is 0 Å². The molecule has 0 heterocycles. The highest BCUT2D eigenvalue weighted by molar-refractivity contribution is 5.94. The summed E-state index contributed by atoms with van der Waals surface area (Å²) >= 11 is 0. The number of anilines is 1. The maximum Gasteiger partial charge on any atom is 0.305 e. The molecule has 5 heteroatoms. The first-order valence-corrected chi connectivity index (χ1v) is 6.24. The number of aryl methyl sites for hydroxylation is 1. The summed E-state index contributed by atoms with van der Waals surface area (Å²) < 4.78 is 0. The zero-order valence-corrected chi connectivity index (χ0v) is 11.3. The Balaban J connectivity index is 2.87. The molecule has 0 aliphatic heterocycles. The molecule has 0 aromatic heterocycles. The minimum Gasteiger partial charge on any atom is -0.481 e. The molecule has 0 aliphatic carbocycles. The van der Waals surface area contributed by atoms with E-state index in [2.05, 4.69) is 0 Å². The Hall–Kier alpha value is -1.88. The number of amides is 1. The van der Waals surface area contributed by atoms with Crippen LogP contribution < -0.4 is 10.6 Å². The second-order valence-corrected chi connectivity index (χ2v) is 4.71. The van der Waals surface area contributed by atoms with Gasteiger partial charge >= 0.3 is 5.97 Å². The van der Waals surface area contributed by atoms with E-state index in [-0.39, 0.29) is 31.3 Å². The first-order valence-electron chi connectivity index (χ1n) is 6.24. The number of nitrogens with two attached hydrogens (primary N) is 1. The van der Waals surface area contributed by atoms with Gasteiger partial charge in [0.15, 0.2) is 0 Å². The summed E-state index contributed by atoms with van der Waals surface area (Å²) in [6.45, 7) is 3.86. The van der Waals surface area contributed by atoms with E-state index in [4.69, 9.17) is 10.8 Å². The van der Waals surface area contributed by atoms with E-state index < -0.39 is 5.97 Å². The average Bonchev–Trinajstić information content (AvgIpc) is 2.30. The number of hydrogen-bond donors (Lipinski definition) is 2. The molecule has 104 valence electrons. The van der Waals surface area contributed by atoms with Gasteiger partial charge in [0, 0.05) is 24.7 Å². The first kappa shape index (κ1) is 15.2. The molecule has 0 saturated heterocycles. The summed E-state index contributed by atoms with van der Waals surface area (Å²) in [7, 11) is 0. The van der Waals surface area contributed by atoms with Crippen LogP contribution in [0.1, 0.15) is 25.3 Å². The maximum atomic E-state index is 12.1. The minimum atomic E-state index is -0.925. The van der Waals surface area contributed by atoms with E-state index in [1.807, 2.05) is 31.2 Å². The number of carbonyl (C=O) groups excluding carboxylic acids is 1. The van der Waals surface area contributed by atoms with Gasteiger partial charge in [-0.05, 0) is 26.0 Å². The Labute approximate surface area is 113 Å². The zero-order chi connectivity index (χ0) is 14.4. The summed E-state index contributed by atoms with van der Waals surface area (Å²) in [6.07, 6.45) is 0.117. The van der Waals surface area contributed by atoms with Gasteiger partial charge < -0.3 is 15.7 Å². The first-order chi connectivity index (χ1) is 8.90. The fraction of sp³-hybridized carbons (Fsp3) is 0.429. The predicted octanol–water partition coefficient (Wildman–Crippen LogP) is 1.54. The van der Waals surface area contributed by atoms with E-state index in [0.717, 1.165) is 5.56 Å². The number of nitrogens with zero attached hydrogens (tertiary/aromatic N) is 1. The highest BCUT2D eigenvalue weighted by Gasteiger charge is 2.17. The fourth-order valence-electron chi connectivity index (χ4n) is 1.72. The summed E-state index contributed by atoms with van der Waals surface area (Å²) in [5, 5.41) is 8.75. The van der Waals surface area contributed by atoms with Crippen molar-refractivity contribution in [2.75, 3.05) is 11.4 Å². The molecule has 0 bridgehead atoms. The van der Waals surface area contributed by atoms with Gasteiger partial charge in [-0.25, -0.2) is 0 Å². The van der Waals surface area contributed by atoms with Crippen molar-refractivity contribution in [3.05, 3.63) is 29.8 Å². The van der Waals surface area contributed by atoms with E-state index >= 15 is 0 Å². The van der Waals surface area contributed by atoms with Crippen LogP contribution in [0.2, 0.25) is 0 Å². The van der Waals surface area contributed by atoms with Crippen LogP contribution in [0.5, 0.6) is 0 Å². The molecular formula is C14H20N2O3. The molecular weight excluding hydrogens is 244 g/mol.